The number of imidazole rings is 1. The molecule has 2 aromatic carbocycles. The predicted molar refractivity (Wildman–Crippen MR) is 85.5 cm³/mol. The number of rotatable bonds is 4. The van der Waals surface area contributed by atoms with Crippen LogP contribution in [0, 0.1) is 5.82 Å². The second-order valence-corrected chi connectivity index (χ2v) is 5.95. The van der Waals surface area contributed by atoms with Crippen LogP contribution in [0.1, 0.15) is 5.56 Å². The molecule has 0 saturated heterocycles. The number of fused-ring (bicyclic) bond motifs is 1. The van der Waals surface area contributed by atoms with Crippen molar-refractivity contribution >= 4 is 27.0 Å². The highest BCUT2D eigenvalue weighted by atomic mass is 79.9. The lowest BCUT2D eigenvalue weighted by Crippen LogP contribution is -2.28. The van der Waals surface area contributed by atoms with Crippen LogP contribution in [0.3, 0.4) is 0 Å². The minimum Gasteiger partial charge on any atom is -0.329 e. The highest BCUT2D eigenvalue weighted by Gasteiger charge is 2.09. The summed E-state index contributed by atoms with van der Waals surface area (Å²) in [4.78, 5) is 4.35. The summed E-state index contributed by atoms with van der Waals surface area (Å²) in [6.07, 6.45) is 2.50. The van der Waals surface area contributed by atoms with E-state index in [2.05, 4.69) is 25.5 Å². The van der Waals surface area contributed by atoms with Crippen molar-refractivity contribution in [1.29, 1.82) is 0 Å². The van der Waals surface area contributed by atoms with Gasteiger partial charge in [0.05, 0.1) is 21.8 Å². The molecule has 0 radical (unpaired) electrons. The molecule has 1 heterocycles. The summed E-state index contributed by atoms with van der Waals surface area (Å²) in [5.41, 5.74) is 9.28. The normalized spacial score (nSPS) is 12.7. The molecule has 3 rings (SSSR count). The fourth-order valence-corrected chi connectivity index (χ4v) is 2.87. The van der Waals surface area contributed by atoms with Gasteiger partial charge in [0.15, 0.2) is 0 Å². The van der Waals surface area contributed by atoms with Gasteiger partial charge in [0.25, 0.3) is 0 Å². The molecule has 3 aromatic rings. The van der Waals surface area contributed by atoms with Crippen LogP contribution in [0.4, 0.5) is 4.39 Å². The molecule has 0 fully saturated rings. The van der Waals surface area contributed by atoms with E-state index in [0.717, 1.165) is 16.6 Å². The van der Waals surface area contributed by atoms with Crippen molar-refractivity contribution in [3.8, 4) is 0 Å². The smallest absolute Gasteiger partial charge is 0.137 e. The number of halogens is 2. The lowest BCUT2D eigenvalue weighted by atomic mass is 10.1. The van der Waals surface area contributed by atoms with E-state index in [9.17, 15) is 4.39 Å². The van der Waals surface area contributed by atoms with Crippen LogP contribution in [0.15, 0.2) is 53.3 Å². The Morgan fingerprint density at radius 2 is 2.05 bits per heavy atom. The zero-order chi connectivity index (χ0) is 14.8. The summed E-state index contributed by atoms with van der Waals surface area (Å²) in [5.74, 6) is -0.257. The van der Waals surface area contributed by atoms with E-state index in [-0.39, 0.29) is 11.9 Å². The Labute approximate surface area is 130 Å². The molecule has 1 atom stereocenters. The first kappa shape index (κ1) is 14.2. The molecule has 21 heavy (non-hydrogen) atoms. The molecule has 2 N–H and O–H groups in total. The lowest BCUT2D eigenvalue weighted by Gasteiger charge is -2.13. The topological polar surface area (TPSA) is 43.8 Å². The lowest BCUT2D eigenvalue weighted by molar-refractivity contribution is 0.557. The van der Waals surface area contributed by atoms with Crippen LogP contribution in [-0.4, -0.2) is 15.6 Å². The minimum atomic E-state index is -0.257. The molecule has 0 bridgehead atoms. The molecule has 0 amide bonds. The largest absolute Gasteiger partial charge is 0.329 e. The average molecular weight is 348 g/mol. The number of nitrogens with two attached hydrogens (primary N) is 1. The van der Waals surface area contributed by atoms with Gasteiger partial charge in [-0.1, -0.05) is 18.2 Å². The van der Waals surface area contributed by atoms with Gasteiger partial charge in [0.2, 0.25) is 0 Å². The highest BCUT2D eigenvalue weighted by Crippen LogP contribution is 2.18. The standard InChI is InChI=1S/C16H15BrFN3/c17-13-8-11(5-6-14(13)18)7-12(19)9-21-10-20-15-3-1-2-4-16(15)21/h1-6,8,10,12H,7,9,19H2. The van der Waals surface area contributed by atoms with Gasteiger partial charge < -0.3 is 10.3 Å². The molecule has 1 unspecified atom stereocenters. The summed E-state index contributed by atoms with van der Waals surface area (Å²) in [7, 11) is 0. The number of para-hydroxylation sites is 2. The number of benzene rings is 2. The molecule has 0 aliphatic heterocycles. The van der Waals surface area contributed by atoms with Gasteiger partial charge in [0.1, 0.15) is 5.82 Å². The number of hydrogen-bond acceptors (Lipinski definition) is 2. The quantitative estimate of drug-likeness (QED) is 0.784. The van der Waals surface area contributed by atoms with E-state index in [1.165, 1.54) is 6.07 Å². The van der Waals surface area contributed by atoms with Gasteiger partial charge in [-0.3, -0.25) is 0 Å². The Kier molecular flexibility index (Phi) is 4.03. The predicted octanol–water partition coefficient (Wildman–Crippen LogP) is 3.51. The Morgan fingerprint density at radius 3 is 2.86 bits per heavy atom. The SMILES string of the molecule is NC(Cc1ccc(F)c(Br)c1)Cn1cnc2ccccc21. The molecule has 0 spiro atoms. The Bertz CT molecular complexity index is 769. The monoisotopic (exact) mass is 347 g/mol. The molecular weight excluding hydrogens is 333 g/mol. The number of aromatic nitrogens is 2. The van der Waals surface area contributed by atoms with Crippen molar-refractivity contribution in [2.24, 2.45) is 5.73 Å². The van der Waals surface area contributed by atoms with Gasteiger partial charge in [-0.15, -0.1) is 0 Å². The zero-order valence-corrected chi connectivity index (χ0v) is 12.9. The van der Waals surface area contributed by atoms with Crippen LogP contribution in [0.25, 0.3) is 11.0 Å². The van der Waals surface area contributed by atoms with Gasteiger partial charge >= 0.3 is 0 Å². The molecule has 3 nitrogen and oxygen atoms in total. The molecule has 1 aromatic heterocycles. The van der Waals surface area contributed by atoms with Gasteiger partial charge in [-0.05, 0) is 52.2 Å². The van der Waals surface area contributed by atoms with Crippen molar-refractivity contribution in [1.82, 2.24) is 9.55 Å². The highest BCUT2D eigenvalue weighted by molar-refractivity contribution is 9.10. The third-order valence-corrected chi connectivity index (χ3v) is 4.05. The van der Waals surface area contributed by atoms with Crippen molar-refractivity contribution in [3.05, 3.63) is 64.6 Å². The van der Waals surface area contributed by atoms with Gasteiger partial charge in [0, 0.05) is 12.6 Å². The maximum Gasteiger partial charge on any atom is 0.137 e. The fraction of sp³-hybridized carbons (Fsp3) is 0.188. The first-order valence-corrected chi connectivity index (χ1v) is 7.52. The summed E-state index contributed by atoms with van der Waals surface area (Å²) in [5, 5.41) is 0. The van der Waals surface area contributed by atoms with Crippen molar-refractivity contribution < 1.29 is 4.39 Å². The molecule has 108 valence electrons. The summed E-state index contributed by atoms with van der Waals surface area (Å²) in [6.45, 7) is 0.676. The van der Waals surface area contributed by atoms with E-state index in [4.69, 9.17) is 5.73 Å². The van der Waals surface area contributed by atoms with E-state index in [1.807, 2.05) is 30.6 Å². The van der Waals surface area contributed by atoms with Gasteiger partial charge in [-0.2, -0.15) is 0 Å². The molecule has 0 aliphatic rings. The van der Waals surface area contributed by atoms with Crippen LogP contribution in [-0.2, 0) is 13.0 Å². The summed E-state index contributed by atoms with van der Waals surface area (Å²) >= 11 is 3.20. The number of hydrogen-bond donors (Lipinski definition) is 1. The third kappa shape index (κ3) is 3.14. The Hall–Kier alpha value is -1.72. The van der Waals surface area contributed by atoms with E-state index >= 15 is 0 Å². The first-order chi connectivity index (χ1) is 10.1. The third-order valence-electron chi connectivity index (χ3n) is 3.44. The van der Waals surface area contributed by atoms with Crippen LogP contribution in [0.5, 0.6) is 0 Å². The summed E-state index contributed by atoms with van der Waals surface area (Å²) < 4.78 is 15.8. The van der Waals surface area contributed by atoms with Crippen molar-refractivity contribution in [2.45, 2.75) is 19.0 Å². The molecule has 5 heteroatoms. The van der Waals surface area contributed by atoms with E-state index < -0.39 is 0 Å². The van der Waals surface area contributed by atoms with Crippen molar-refractivity contribution in [3.63, 3.8) is 0 Å². The van der Waals surface area contributed by atoms with Crippen LogP contribution >= 0.6 is 15.9 Å². The van der Waals surface area contributed by atoms with Gasteiger partial charge in [-0.25, -0.2) is 9.37 Å². The maximum atomic E-state index is 13.2. The fourth-order valence-electron chi connectivity index (χ4n) is 2.44. The molecular formula is C16H15BrFN3. The molecule has 0 aliphatic carbocycles. The van der Waals surface area contributed by atoms with Crippen molar-refractivity contribution in [2.75, 3.05) is 0 Å². The first-order valence-electron chi connectivity index (χ1n) is 6.73. The number of nitrogens with zero attached hydrogens (tertiary/aromatic N) is 2. The minimum absolute atomic E-state index is 0.0556. The Morgan fingerprint density at radius 1 is 1.24 bits per heavy atom. The van der Waals surface area contributed by atoms with E-state index in [1.54, 1.807) is 12.1 Å². The average Bonchev–Trinajstić information content (AvgIpc) is 2.86. The zero-order valence-electron chi connectivity index (χ0n) is 11.3. The molecule has 0 saturated carbocycles. The maximum absolute atomic E-state index is 13.2. The Balaban J connectivity index is 1.74. The second-order valence-electron chi connectivity index (χ2n) is 5.10. The summed E-state index contributed by atoms with van der Waals surface area (Å²) in [6, 6.07) is 12.9. The second kappa shape index (κ2) is 5.95. The van der Waals surface area contributed by atoms with E-state index in [0.29, 0.717) is 17.4 Å². The van der Waals surface area contributed by atoms with Crippen LogP contribution < -0.4 is 5.73 Å². The van der Waals surface area contributed by atoms with Crippen LogP contribution in [0.2, 0.25) is 0 Å².